The zero-order valence-electron chi connectivity index (χ0n) is 10.7. The molecule has 92 valence electrons. The first-order valence-electron chi connectivity index (χ1n) is 6.68. The minimum atomic E-state index is 0.295. The fraction of sp³-hybridized carbons (Fsp3) is 0.846. The van der Waals surface area contributed by atoms with Crippen LogP contribution in [-0.2, 0) is 0 Å². The van der Waals surface area contributed by atoms with Gasteiger partial charge in [0.25, 0.3) is 0 Å². The Kier molecular flexibility index (Phi) is 6.12. The van der Waals surface area contributed by atoms with Gasteiger partial charge in [-0.05, 0) is 19.3 Å². The highest BCUT2D eigenvalue weighted by molar-refractivity contribution is 6.04. The summed E-state index contributed by atoms with van der Waals surface area (Å²) in [6.07, 6.45) is 9.74. The Hall–Kier alpha value is -0.860. The van der Waals surface area contributed by atoms with Crippen molar-refractivity contribution in [2.45, 2.75) is 71.3 Å². The van der Waals surface area contributed by atoms with Gasteiger partial charge in [0.05, 0.1) is 6.04 Å². The zero-order chi connectivity index (χ0) is 11.8. The van der Waals surface area contributed by atoms with E-state index in [0.717, 1.165) is 12.8 Å². The first-order valence-corrected chi connectivity index (χ1v) is 6.68. The highest BCUT2D eigenvalue weighted by Gasteiger charge is 2.20. The molecular weight excluding hydrogens is 198 g/mol. The summed E-state index contributed by atoms with van der Waals surface area (Å²) < 4.78 is 0. The average Bonchev–Trinajstić information content (AvgIpc) is 2.60. The predicted molar refractivity (Wildman–Crippen MR) is 71.1 cm³/mol. The van der Waals surface area contributed by atoms with Gasteiger partial charge in [-0.1, -0.05) is 46.0 Å². The van der Waals surface area contributed by atoms with E-state index in [4.69, 9.17) is 5.73 Å². The van der Waals surface area contributed by atoms with E-state index < -0.39 is 0 Å². The lowest BCUT2D eigenvalue weighted by Gasteiger charge is -2.10. The molecule has 3 heteroatoms. The molecule has 0 bridgehead atoms. The average molecular weight is 223 g/mol. The summed E-state index contributed by atoms with van der Waals surface area (Å²) in [5.41, 5.74) is 6.91. The van der Waals surface area contributed by atoms with Gasteiger partial charge in [0.1, 0.15) is 0 Å². The Morgan fingerprint density at radius 1 is 1.06 bits per heavy atom. The van der Waals surface area contributed by atoms with Crippen LogP contribution in [0.5, 0.6) is 0 Å². The molecule has 16 heavy (non-hydrogen) atoms. The third-order valence-corrected chi connectivity index (χ3v) is 3.05. The second kappa shape index (κ2) is 7.42. The van der Waals surface area contributed by atoms with E-state index in [-0.39, 0.29) is 0 Å². The number of nitrogens with zero attached hydrogens (tertiary/aromatic N) is 2. The van der Waals surface area contributed by atoms with Gasteiger partial charge >= 0.3 is 0 Å². The molecule has 0 aliphatic carbocycles. The second-order valence-corrected chi connectivity index (χ2v) is 4.56. The van der Waals surface area contributed by atoms with E-state index in [2.05, 4.69) is 23.8 Å². The van der Waals surface area contributed by atoms with Gasteiger partial charge in [0.15, 0.2) is 0 Å². The quantitative estimate of drug-likeness (QED) is 0.631. The van der Waals surface area contributed by atoms with Crippen LogP contribution in [0.2, 0.25) is 0 Å². The van der Waals surface area contributed by atoms with Crippen molar-refractivity contribution in [1.29, 1.82) is 0 Å². The van der Waals surface area contributed by atoms with Gasteiger partial charge in [0.2, 0.25) is 5.96 Å². The van der Waals surface area contributed by atoms with Crippen molar-refractivity contribution in [3.8, 4) is 0 Å². The minimum absolute atomic E-state index is 0.295. The summed E-state index contributed by atoms with van der Waals surface area (Å²) in [4.78, 5) is 8.78. The second-order valence-electron chi connectivity index (χ2n) is 4.56. The lowest BCUT2D eigenvalue weighted by molar-refractivity contribution is 0.633. The molecule has 1 unspecified atom stereocenters. The highest BCUT2D eigenvalue weighted by Crippen LogP contribution is 2.17. The Bertz CT molecular complexity index is 256. The first-order chi connectivity index (χ1) is 7.77. The van der Waals surface area contributed by atoms with Gasteiger partial charge in [-0.15, -0.1) is 0 Å². The van der Waals surface area contributed by atoms with Crippen LogP contribution in [0.15, 0.2) is 9.98 Å². The summed E-state index contributed by atoms with van der Waals surface area (Å²) in [5, 5.41) is 0. The number of nitrogens with two attached hydrogens (primary N) is 1. The highest BCUT2D eigenvalue weighted by atomic mass is 15.1. The maximum atomic E-state index is 5.69. The van der Waals surface area contributed by atoms with Crippen LogP contribution in [0.25, 0.3) is 0 Å². The topological polar surface area (TPSA) is 50.7 Å². The standard InChI is InChI=1S/C13H25N3/c1-3-5-7-9-11-12(10-8-6-4-2)16-13(14)15-11/h11H,3-10H2,1-2H3,(H2,14,15). The summed E-state index contributed by atoms with van der Waals surface area (Å²) in [7, 11) is 0. The van der Waals surface area contributed by atoms with Crippen LogP contribution in [-0.4, -0.2) is 17.7 Å². The van der Waals surface area contributed by atoms with E-state index in [1.165, 1.54) is 44.2 Å². The number of rotatable bonds is 8. The summed E-state index contributed by atoms with van der Waals surface area (Å²) in [6.45, 7) is 4.45. The number of hydrogen-bond donors (Lipinski definition) is 1. The normalized spacial score (nSPS) is 19.8. The maximum Gasteiger partial charge on any atom is 0.215 e. The Morgan fingerprint density at radius 3 is 2.44 bits per heavy atom. The Morgan fingerprint density at radius 2 is 1.75 bits per heavy atom. The summed E-state index contributed by atoms with van der Waals surface area (Å²) in [5.74, 6) is 0.494. The van der Waals surface area contributed by atoms with E-state index in [1.54, 1.807) is 0 Å². The van der Waals surface area contributed by atoms with Crippen molar-refractivity contribution >= 4 is 11.7 Å². The van der Waals surface area contributed by atoms with Gasteiger partial charge in [-0.2, -0.15) is 0 Å². The molecule has 1 heterocycles. The molecule has 0 saturated heterocycles. The number of unbranched alkanes of at least 4 members (excludes halogenated alkanes) is 4. The van der Waals surface area contributed by atoms with Gasteiger partial charge in [-0.25, -0.2) is 9.98 Å². The van der Waals surface area contributed by atoms with Gasteiger partial charge in [0, 0.05) is 5.71 Å². The smallest absolute Gasteiger partial charge is 0.215 e. The van der Waals surface area contributed by atoms with E-state index in [9.17, 15) is 0 Å². The third kappa shape index (κ3) is 4.33. The van der Waals surface area contributed by atoms with Crippen LogP contribution >= 0.6 is 0 Å². The van der Waals surface area contributed by atoms with Gasteiger partial charge < -0.3 is 5.73 Å². The summed E-state index contributed by atoms with van der Waals surface area (Å²) in [6, 6.07) is 0.295. The molecule has 1 aliphatic rings. The van der Waals surface area contributed by atoms with Crippen molar-refractivity contribution in [2.24, 2.45) is 15.7 Å². The number of guanidine groups is 1. The zero-order valence-corrected chi connectivity index (χ0v) is 10.7. The van der Waals surface area contributed by atoms with E-state index in [1.807, 2.05) is 0 Å². The van der Waals surface area contributed by atoms with Crippen molar-refractivity contribution in [3.05, 3.63) is 0 Å². The fourth-order valence-corrected chi connectivity index (χ4v) is 2.08. The molecule has 0 aromatic heterocycles. The largest absolute Gasteiger partial charge is 0.368 e. The molecule has 0 fully saturated rings. The Labute approximate surface area is 99.2 Å². The molecule has 1 atom stereocenters. The monoisotopic (exact) mass is 223 g/mol. The molecule has 0 spiro atoms. The van der Waals surface area contributed by atoms with Crippen molar-refractivity contribution in [2.75, 3.05) is 0 Å². The molecule has 0 amide bonds. The van der Waals surface area contributed by atoms with Crippen LogP contribution < -0.4 is 5.73 Å². The molecule has 1 aliphatic heterocycles. The molecule has 2 N–H and O–H groups in total. The number of aliphatic imine (C=N–C) groups is 2. The van der Waals surface area contributed by atoms with Crippen LogP contribution in [0.3, 0.4) is 0 Å². The van der Waals surface area contributed by atoms with Crippen molar-refractivity contribution in [3.63, 3.8) is 0 Å². The van der Waals surface area contributed by atoms with E-state index in [0.29, 0.717) is 12.0 Å². The molecule has 0 aromatic rings. The van der Waals surface area contributed by atoms with Crippen molar-refractivity contribution < 1.29 is 0 Å². The first kappa shape index (κ1) is 13.2. The van der Waals surface area contributed by atoms with Crippen LogP contribution in [0.4, 0.5) is 0 Å². The summed E-state index contributed by atoms with van der Waals surface area (Å²) >= 11 is 0. The minimum Gasteiger partial charge on any atom is -0.368 e. The molecule has 3 nitrogen and oxygen atoms in total. The third-order valence-electron chi connectivity index (χ3n) is 3.05. The number of hydrogen-bond acceptors (Lipinski definition) is 3. The van der Waals surface area contributed by atoms with Crippen molar-refractivity contribution in [1.82, 2.24) is 0 Å². The Balaban J connectivity index is 2.33. The lowest BCUT2D eigenvalue weighted by Crippen LogP contribution is -2.15. The van der Waals surface area contributed by atoms with Gasteiger partial charge in [-0.3, -0.25) is 0 Å². The van der Waals surface area contributed by atoms with Crippen LogP contribution in [0.1, 0.15) is 65.2 Å². The molecule has 1 rings (SSSR count). The SMILES string of the molecule is CCCCCC1=NC(N)=NC1CCCCC. The molecule has 0 aromatic carbocycles. The molecule has 0 saturated carbocycles. The van der Waals surface area contributed by atoms with Crippen LogP contribution in [0, 0.1) is 0 Å². The molecule has 0 radical (unpaired) electrons. The molecular formula is C13H25N3. The maximum absolute atomic E-state index is 5.69. The lowest BCUT2D eigenvalue weighted by atomic mass is 10.0. The predicted octanol–water partition coefficient (Wildman–Crippen LogP) is 3.28. The fourth-order valence-electron chi connectivity index (χ4n) is 2.08. The van der Waals surface area contributed by atoms with E-state index >= 15 is 0 Å².